The molecule has 0 aliphatic heterocycles. The molecule has 0 saturated heterocycles. The predicted octanol–water partition coefficient (Wildman–Crippen LogP) is 6.78. The van der Waals surface area contributed by atoms with E-state index in [1.54, 1.807) is 6.92 Å². The minimum atomic E-state index is -0.0286. The van der Waals surface area contributed by atoms with Crippen molar-refractivity contribution in [3.63, 3.8) is 0 Å². The van der Waals surface area contributed by atoms with Gasteiger partial charge in [0.05, 0.1) is 5.60 Å². The van der Waals surface area contributed by atoms with Crippen molar-refractivity contribution in [2.24, 2.45) is 5.92 Å². The Morgan fingerprint density at radius 3 is 2.39 bits per heavy atom. The Balaban J connectivity index is 0.00000151. The van der Waals surface area contributed by atoms with Gasteiger partial charge >= 0.3 is 0 Å². The Hall–Kier alpha value is -1.42. The van der Waals surface area contributed by atoms with Crippen LogP contribution in [0.5, 0.6) is 0 Å². The van der Waals surface area contributed by atoms with Crippen LogP contribution in [0.1, 0.15) is 78.7 Å². The Bertz CT molecular complexity index is 625. The summed E-state index contributed by atoms with van der Waals surface area (Å²) in [5.74, 6) is 0.751. The molecule has 0 aromatic heterocycles. The molecule has 1 aromatic carbocycles. The van der Waals surface area contributed by atoms with E-state index in [0.29, 0.717) is 0 Å². The third kappa shape index (κ3) is 12.3. The summed E-state index contributed by atoms with van der Waals surface area (Å²) in [6.45, 7) is 15.0. The number of hydrogen-bond donors (Lipinski definition) is 1. The lowest BCUT2D eigenvalue weighted by molar-refractivity contribution is -0.0498. The lowest BCUT2D eigenvalue weighted by atomic mass is 9.97. The van der Waals surface area contributed by atoms with Gasteiger partial charge in [-0.2, -0.15) is 0 Å². The molecule has 0 fully saturated rings. The van der Waals surface area contributed by atoms with Crippen molar-refractivity contribution in [2.45, 2.75) is 85.3 Å². The Morgan fingerprint density at radius 1 is 1.10 bits per heavy atom. The molecule has 1 N–H and O–H groups in total. The number of allylic oxidation sites excluding steroid dienone is 2. The summed E-state index contributed by atoms with van der Waals surface area (Å²) >= 11 is 0. The van der Waals surface area contributed by atoms with E-state index < -0.39 is 0 Å². The third-order valence-corrected chi connectivity index (χ3v) is 6.19. The largest absolute Gasteiger partial charge is 0.397 e. The zero-order valence-electron chi connectivity index (χ0n) is 20.8. The van der Waals surface area contributed by atoms with Crippen molar-refractivity contribution in [1.82, 2.24) is 4.90 Å². The smallest absolute Gasteiger partial charge is 0.0664 e. The number of aliphatic hydroxyl groups is 1. The van der Waals surface area contributed by atoms with Gasteiger partial charge < -0.3 is 9.84 Å². The van der Waals surface area contributed by atoms with Gasteiger partial charge in [0.2, 0.25) is 0 Å². The fraction of sp³-hybridized carbons (Fsp3) is 0.643. The molecule has 0 radical (unpaired) electrons. The van der Waals surface area contributed by atoms with Crippen LogP contribution in [0.4, 0.5) is 0 Å². The highest BCUT2D eigenvalue weighted by atomic mass is 16.5. The summed E-state index contributed by atoms with van der Waals surface area (Å²) in [5, 5.41) is 7.57. The number of nitrogens with zero attached hydrogens (tertiary/aromatic N) is 1. The normalized spacial score (nSPS) is 16.3. The highest BCUT2D eigenvalue weighted by Crippen LogP contribution is 2.23. The average molecular weight is 430 g/mol. The summed E-state index contributed by atoms with van der Waals surface area (Å²) in [4.78, 5) is 2.59. The fourth-order valence-electron chi connectivity index (χ4n) is 3.56. The second-order valence-corrected chi connectivity index (χ2v) is 8.98. The molecule has 1 aliphatic carbocycles. The van der Waals surface area contributed by atoms with Gasteiger partial charge in [-0.15, -0.1) is 0 Å². The van der Waals surface area contributed by atoms with Gasteiger partial charge in [-0.05, 0) is 63.0 Å². The van der Waals surface area contributed by atoms with Gasteiger partial charge in [0.25, 0.3) is 0 Å². The van der Waals surface area contributed by atoms with Gasteiger partial charge in [0, 0.05) is 32.8 Å². The molecule has 1 aromatic rings. The van der Waals surface area contributed by atoms with Crippen LogP contribution in [-0.4, -0.2) is 41.9 Å². The summed E-state index contributed by atoms with van der Waals surface area (Å²) in [5.41, 5.74) is 2.82. The van der Waals surface area contributed by atoms with Crippen LogP contribution in [0, 0.1) is 5.92 Å². The van der Waals surface area contributed by atoms with Crippen molar-refractivity contribution in [1.29, 1.82) is 0 Å². The maximum Gasteiger partial charge on any atom is 0.0664 e. The van der Waals surface area contributed by atoms with E-state index in [2.05, 4.69) is 81.2 Å². The highest BCUT2D eigenvalue weighted by Gasteiger charge is 2.24. The number of hydrogen-bond acceptors (Lipinski definition) is 3. The van der Waals surface area contributed by atoms with E-state index in [1.165, 1.54) is 30.4 Å². The van der Waals surface area contributed by atoms with Crippen molar-refractivity contribution in [2.75, 3.05) is 26.3 Å². The molecule has 2 rings (SSSR count). The average Bonchev–Trinajstić information content (AvgIpc) is 2.79. The summed E-state index contributed by atoms with van der Waals surface area (Å²) in [6.07, 6.45) is 13.9. The van der Waals surface area contributed by atoms with Crippen molar-refractivity contribution >= 4 is 0 Å². The molecule has 0 spiro atoms. The van der Waals surface area contributed by atoms with Crippen LogP contribution in [0.15, 0.2) is 54.1 Å². The van der Waals surface area contributed by atoms with Crippen LogP contribution in [-0.2, 0) is 11.3 Å². The molecule has 176 valence electrons. The second kappa shape index (κ2) is 16.2. The molecule has 0 bridgehead atoms. The van der Waals surface area contributed by atoms with Gasteiger partial charge in [0.15, 0.2) is 0 Å². The van der Waals surface area contributed by atoms with Crippen LogP contribution >= 0.6 is 0 Å². The highest BCUT2D eigenvalue weighted by molar-refractivity contribution is 5.24. The second-order valence-electron chi connectivity index (χ2n) is 8.98. The summed E-state index contributed by atoms with van der Waals surface area (Å²) in [7, 11) is 0. The lowest BCUT2D eigenvalue weighted by Crippen LogP contribution is -2.36. The fourth-order valence-corrected chi connectivity index (χ4v) is 3.56. The van der Waals surface area contributed by atoms with Gasteiger partial charge in [-0.3, -0.25) is 4.90 Å². The van der Waals surface area contributed by atoms with Crippen LogP contribution in [0.3, 0.4) is 0 Å². The molecule has 0 saturated carbocycles. The molecule has 3 nitrogen and oxygen atoms in total. The van der Waals surface area contributed by atoms with Gasteiger partial charge in [-0.25, -0.2) is 0 Å². The first kappa shape index (κ1) is 27.6. The Kier molecular flexibility index (Phi) is 14.5. The van der Waals surface area contributed by atoms with Crippen LogP contribution in [0.2, 0.25) is 0 Å². The number of ether oxygens (including phenoxy) is 1. The Morgan fingerprint density at radius 2 is 1.81 bits per heavy atom. The zero-order valence-corrected chi connectivity index (χ0v) is 20.8. The topological polar surface area (TPSA) is 32.7 Å². The maximum absolute atomic E-state index is 7.57. The maximum atomic E-state index is 7.57. The van der Waals surface area contributed by atoms with Gasteiger partial charge in [-0.1, -0.05) is 75.8 Å². The molecule has 31 heavy (non-hydrogen) atoms. The quantitative estimate of drug-likeness (QED) is 0.375. The lowest BCUT2D eigenvalue weighted by Gasteiger charge is -2.33. The van der Waals surface area contributed by atoms with Crippen molar-refractivity contribution < 1.29 is 9.84 Å². The number of aliphatic hydroxyl groups excluding tert-OH is 1. The van der Waals surface area contributed by atoms with Gasteiger partial charge in [0.1, 0.15) is 0 Å². The molecule has 2 unspecified atom stereocenters. The molecule has 0 amide bonds. The van der Waals surface area contributed by atoms with E-state index in [0.717, 1.165) is 51.4 Å². The van der Waals surface area contributed by atoms with Crippen LogP contribution < -0.4 is 0 Å². The monoisotopic (exact) mass is 429 g/mol. The summed E-state index contributed by atoms with van der Waals surface area (Å²) < 4.78 is 6.39. The van der Waals surface area contributed by atoms with Crippen LogP contribution in [0.25, 0.3) is 0 Å². The van der Waals surface area contributed by atoms with E-state index in [1.807, 2.05) is 0 Å². The van der Waals surface area contributed by atoms with Crippen molar-refractivity contribution in [3.05, 3.63) is 59.7 Å². The number of benzene rings is 1. The van der Waals surface area contributed by atoms with E-state index in [-0.39, 0.29) is 12.2 Å². The Labute approximate surface area is 192 Å². The summed E-state index contributed by atoms with van der Waals surface area (Å²) in [6, 6.07) is 10.8. The first-order valence-corrected chi connectivity index (χ1v) is 12.3. The van der Waals surface area contributed by atoms with E-state index in [9.17, 15) is 0 Å². The number of rotatable bonds is 13. The first-order valence-electron chi connectivity index (χ1n) is 12.3. The zero-order chi connectivity index (χ0) is 23.0. The van der Waals surface area contributed by atoms with E-state index in [4.69, 9.17) is 9.84 Å². The van der Waals surface area contributed by atoms with E-state index >= 15 is 0 Å². The molecule has 1 aliphatic rings. The molecule has 2 atom stereocenters. The third-order valence-electron chi connectivity index (χ3n) is 6.19. The molecule has 0 heterocycles. The SMILES string of the molecule is CCC(C)CCOC(C)(CC)CCN(CC1=CCCC=C1)Cc1ccccc1.CCO. The minimum absolute atomic E-state index is 0.0286. The van der Waals surface area contributed by atoms with Crippen molar-refractivity contribution in [3.8, 4) is 0 Å². The standard InChI is InChI=1S/C26H41NO.C2H6O/c1-5-23(3)17-20-28-26(4,6-2)18-19-27(21-24-13-9-7-10-14-24)22-25-15-11-8-12-16-25;1-2-3/h7,9-11,13-16,23H,5-6,8,12,17-22H2,1-4H3;3H,2H2,1H3. The molecule has 3 heteroatoms. The molecular weight excluding hydrogens is 382 g/mol. The first-order chi connectivity index (χ1) is 15.0. The predicted molar refractivity (Wildman–Crippen MR) is 134 cm³/mol. The minimum Gasteiger partial charge on any atom is -0.397 e. The molecular formula is C28H47NO2.